The van der Waals surface area contributed by atoms with Gasteiger partial charge in [-0.15, -0.1) is 6.58 Å². The Morgan fingerprint density at radius 2 is 1.26 bits per heavy atom. The molecule has 0 radical (unpaired) electrons. The minimum absolute atomic E-state index is 0.876. The number of hydrogen-bond acceptors (Lipinski definition) is 0. The quantitative estimate of drug-likeness (QED) is 0.302. The summed E-state index contributed by atoms with van der Waals surface area (Å²) in [5.74, 6) is 4.06. The fourth-order valence-electron chi connectivity index (χ4n) is 4.86. The molecule has 2 aliphatic rings. The number of unbranched alkanes of at least 4 members (excludes halogenated alkanes) is 1. The molecule has 0 nitrogen and oxygen atoms in total. The lowest BCUT2D eigenvalue weighted by Crippen LogP contribution is -2.17. The van der Waals surface area contributed by atoms with Crippen molar-refractivity contribution < 1.29 is 0 Å². The van der Waals surface area contributed by atoms with E-state index in [1.165, 1.54) is 83.5 Å². The second-order valence-corrected chi connectivity index (χ2v) is 8.33. The van der Waals surface area contributed by atoms with Gasteiger partial charge >= 0.3 is 0 Å². The van der Waals surface area contributed by atoms with Crippen molar-refractivity contribution in [3.05, 3.63) is 24.8 Å². The monoisotopic (exact) mass is 316 g/mol. The van der Waals surface area contributed by atoms with Gasteiger partial charge in [-0.05, 0) is 62.2 Å². The van der Waals surface area contributed by atoms with Gasteiger partial charge in [0, 0.05) is 0 Å². The Bertz CT molecular complexity index is 324. The fraction of sp³-hybridized carbons (Fsp3) is 0.826. The summed E-state index contributed by atoms with van der Waals surface area (Å²) in [7, 11) is 0. The van der Waals surface area contributed by atoms with Crippen LogP contribution in [-0.2, 0) is 0 Å². The molecule has 0 aromatic heterocycles. The van der Waals surface area contributed by atoms with Crippen LogP contribution in [0.3, 0.4) is 0 Å². The zero-order valence-electron chi connectivity index (χ0n) is 15.6. The molecule has 0 aromatic rings. The fourth-order valence-corrected chi connectivity index (χ4v) is 4.86. The maximum Gasteiger partial charge on any atom is -0.0233 e. The summed E-state index contributed by atoms with van der Waals surface area (Å²) in [5.41, 5.74) is 0. The van der Waals surface area contributed by atoms with Gasteiger partial charge in [-0.25, -0.2) is 0 Å². The lowest BCUT2D eigenvalue weighted by Gasteiger charge is -2.31. The van der Waals surface area contributed by atoms with E-state index in [1.54, 1.807) is 0 Å². The highest BCUT2D eigenvalue weighted by molar-refractivity contribution is 4.92. The van der Waals surface area contributed by atoms with Crippen molar-refractivity contribution in [2.45, 2.75) is 96.8 Å². The summed E-state index contributed by atoms with van der Waals surface area (Å²) in [6.45, 7) is 6.14. The van der Waals surface area contributed by atoms with E-state index >= 15 is 0 Å². The Hall–Kier alpha value is -0.520. The van der Waals surface area contributed by atoms with Gasteiger partial charge in [0.2, 0.25) is 0 Å². The zero-order chi connectivity index (χ0) is 16.3. The summed E-state index contributed by atoms with van der Waals surface area (Å²) in [6.07, 6.45) is 27.1. The zero-order valence-corrected chi connectivity index (χ0v) is 15.6. The van der Waals surface area contributed by atoms with E-state index in [0.29, 0.717) is 0 Å². The van der Waals surface area contributed by atoms with Crippen LogP contribution in [0.2, 0.25) is 0 Å². The van der Waals surface area contributed by atoms with Crippen LogP contribution in [0.4, 0.5) is 0 Å². The van der Waals surface area contributed by atoms with Gasteiger partial charge in [0.05, 0.1) is 0 Å². The van der Waals surface area contributed by atoms with Gasteiger partial charge < -0.3 is 0 Å². The molecule has 0 aliphatic heterocycles. The van der Waals surface area contributed by atoms with Gasteiger partial charge in [-0.3, -0.25) is 0 Å². The van der Waals surface area contributed by atoms with Crippen LogP contribution in [0.1, 0.15) is 96.8 Å². The topological polar surface area (TPSA) is 0 Å². The first-order valence-corrected chi connectivity index (χ1v) is 10.6. The average molecular weight is 317 g/mol. The molecular formula is C23H40. The van der Waals surface area contributed by atoms with E-state index < -0.39 is 0 Å². The van der Waals surface area contributed by atoms with Crippen LogP contribution in [-0.4, -0.2) is 0 Å². The standard InChI is InChI=1S/C23H40/c1-3-5-6-7-9-21-12-16-23(17-13-21)19-18-22-14-10-20(8-4-2)11-15-22/h3,7,9,20-23H,1,4-6,8,10-19H2,2H3. The Kier molecular flexibility index (Phi) is 9.09. The van der Waals surface area contributed by atoms with Gasteiger partial charge in [0.25, 0.3) is 0 Å². The molecule has 0 unspecified atom stereocenters. The minimum atomic E-state index is 0.876. The molecule has 132 valence electrons. The normalized spacial score (nSPS) is 32.2. The summed E-state index contributed by atoms with van der Waals surface area (Å²) in [6, 6.07) is 0. The van der Waals surface area contributed by atoms with Crippen molar-refractivity contribution >= 4 is 0 Å². The summed E-state index contributed by atoms with van der Waals surface area (Å²) >= 11 is 0. The van der Waals surface area contributed by atoms with Gasteiger partial charge in [0.15, 0.2) is 0 Å². The first-order chi connectivity index (χ1) is 11.3. The Labute approximate surface area is 145 Å². The summed E-state index contributed by atoms with van der Waals surface area (Å²) in [5, 5.41) is 0. The minimum Gasteiger partial charge on any atom is -0.103 e. The van der Waals surface area contributed by atoms with Crippen LogP contribution >= 0.6 is 0 Å². The first-order valence-electron chi connectivity index (χ1n) is 10.6. The van der Waals surface area contributed by atoms with Crippen molar-refractivity contribution in [2.75, 3.05) is 0 Å². The maximum atomic E-state index is 3.79. The largest absolute Gasteiger partial charge is 0.103 e. The SMILES string of the molecule is C=CCCC=CC1CCC(CCC2CCC(CCC)CC2)CC1. The van der Waals surface area contributed by atoms with Crippen LogP contribution < -0.4 is 0 Å². The third kappa shape index (κ3) is 7.27. The predicted octanol–water partition coefficient (Wildman–Crippen LogP) is 7.70. The van der Waals surface area contributed by atoms with Gasteiger partial charge in [-0.2, -0.15) is 0 Å². The van der Waals surface area contributed by atoms with Gasteiger partial charge in [0.1, 0.15) is 0 Å². The van der Waals surface area contributed by atoms with E-state index in [-0.39, 0.29) is 0 Å². The molecule has 0 N–H and O–H groups in total. The molecule has 2 fully saturated rings. The van der Waals surface area contributed by atoms with E-state index in [2.05, 4.69) is 25.7 Å². The van der Waals surface area contributed by atoms with E-state index in [4.69, 9.17) is 0 Å². The van der Waals surface area contributed by atoms with Crippen molar-refractivity contribution in [1.82, 2.24) is 0 Å². The Morgan fingerprint density at radius 1 is 0.739 bits per heavy atom. The molecule has 2 aliphatic carbocycles. The second-order valence-electron chi connectivity index (χ2n) is 8.33. The molecule has 0 atom stereocenters. The number of hydrogen-bond donors (Lipinski definition) is 0. The third-order valence-corrected chi connectivity index (χ3v) is 6.48. The highest BCUT2D eigenvalue weighted by Gasteiger charge is 2.23. The van der Waals surface area contributed by atoms with Crippen molar-refractivity contribution in [1.29, 1.82) is 0 Å². The molecule has 0 heterocycles. The van der Waals surface area contributed by atoms with Crippen molar-refractivity contribution in [2.24, 2.45) is 23.7 Å². The molecule has 0 amide bonds. The lowest BCUT2D eigenvalue weighted by atomic mass is 9.75. The highest BCUT2D eigenvalue weighted by Crippen LogP contribution is 2.37. The number of rotatable bonds is 9. The van der Waals surface area contributed by atoms with E-state index in [1.807, 2.05) is 6.08 Å². The first kappa shape index (κ1) is 18.8. The lowest BCUT2D eigenvalue weighted by molar-refractivity contribution is 0.221. The summed E-state index contributed by atoms with van der Waals surface area (Å²) < 4.78 is 0. The van der Waals surface area contributed by atoms with Crippen LogP contribution in [0.15, 0.2) is 24.8 Å². The maximum absolute atomic E-state index is 3.79. The van der Waals surface area contributed by atoms with Crippen molar-refractivity contribution in [3.63, 3.8) is 0 Å². The smallest absolute Gasteiger partial charge is 0.0233 e. The Morgan fingerprint density at radius 3 is 1.78 bits per heavy atom. The molecule has 0 bridgehead atoms. The Balaban J connectivity index is 1.55. The van der Waals surface area contributed by atoms with E-state index in [0.717, 1.165) is 30.1 Å². The average Bonchev–Trinajstić information content (AvgIpc) is 2.59. The highest BCUT2D eigenvalue weighted by atomic mass is 14.3. The molecule has 0 saturated heterocycles. The van der Waals surface area contributed by atoms with Crippen LogP contribution in [0.25, 0.3) is 0 Å². The molecule has 0 aromatic carbocycles. The van der Waals surface area contributed by atoms with Gasteiger partial charge in [-0.1, -0.05) is 76.5 Å². The number of allylic oxidation sites excluding steroid dienone is 3. The molecular weight excluding hydrogens is 276 g/mol. The summed E-state index contributed by atoms with van der Waals surface area (Å²) in [4.78, 5) is 0. The molecule has 2 rings (SSSR count). The second kappa shape index (κ2) is 11.1. The molecule has 2 saturated carbocycles. The van der Waals surface area contributed by atoms with Crippen molar-refractivity contribution in [3.8, 4) is 0 Å². The molecule has 0 heteroatoms. The van der Waals surface area contributed by atoms with Crippen LogP contribution in [0, 0.1) is 23.7 Å². The third-order valence-electron chi connectivity index (χ3n) is 6.48. The molecule has 0 spiro atoms. The van der Waals surface area contributed by atoms with E-state index in [9.17, 15) is 0 Å². The predicted molar refractivity (Wildman–Crippen MR) is 104 cm³/mol. The van der Waals surface area contributed by atoms with Crippen LogP contribution in [0.5, 0.6) is 0 Å². The molecule has 23 heavy (non-hydrogen) atoms.